The SMILES string of the molecule is C=CC1(C)CCN(CC(=C)N2CC=C(c3ccc(-c4ncccn4)cc3)CC2)C1.CC.CC.CNc1ccc(N)c(C(=N)c2ccc(F)cc2)c1. The van der Waals surface area contributed by atoms with Crippen LogP contribution in [0.15, 0.2) is 116 Å². The van der Waals surface area contributed by atoms with E-state index in [4.69, 9.17) is 11.1 Å². The molecular weight excluding hydrogens is 634 g/mol. The quantitative estimate of drug-likeness (QED) is 0.0921. The molecule has 7 nitrogen and oxygen atoms in total. The summed E-state index contributed by atoms with van der Waals surface area (Å²) in [7, 11) is 1.80. The summed E-state index contributed by atoms with van der Waals surface area (Å²) in [6, 6.07) is 21.6. The van der Waals surface area contributed by atoms with Gasteiger partial charge < -0.3 is 16.0 Å². The highest BCUT2D eigenvalue weighted by Crippen LogP contribution is 2.32. The number of hydrogen-bond acceptors (Lipinski definition) is 7. The van der Waals surface area contributed by atoms with E-state index < -0.39 is 0 Å². The van der Waals surface area contributed by atoms with Crippen LogP contribution in [-0.2, 0) is 0 Å². The first-order valence-electron chi connectivity index (χ1n) is 18.0. The summed E-state index contributed by atoms with van der Waals surface area (Å²) < 4.78 is 12.8. The Morgan fingerprint density at radius 3 is 2.20 bits per heavy atom. The number of nitrogen functional groups attached to an aromatic ring is 1. The molecule has 1 aromatic heterocycles. The van der Waals surface area contributed by atoms with E-state index in [9.17, 15) is 4.39 Å². The number of likely N-dealkylation sites (tertiary alicyclic amines) is 1. The van der Waals surface area contributed by atoms with Gasteiger partial charge in [-0.2, -0.15) is 0 Å². The van der Waals surface area contributed by atoms with E-state index in [1.54, 1.807) is 43.7 Å². The predicted octanol–water partition coefficient (Wildman–Crippen LogP) is 9.56. The number of hydrogen-bond donors (Lipinski definition) is 3. The first-order chi connectivity index (χ1) is 24.7. The minimum absolute atomic E-state index is 0.256. The second-order valence-electron chi connectivity index (χ2n) is 12.4. The topological polar surface area (TPSA) is 94.2 Å². The number of rotatable bonds is 9. The molecule has 270 valence electrons. The van der Waals surface area contributed by atoms with Crippen LogP contribution in [0.2, 0.25) is 0 Å². The standard InChI is InChI=1S/C25H30N4.C14H14FN3.2C2H6/c1-4-25(3)12-17-28(19-25)18-20(2)29-15-10-22(11-16-29)21-6-8-23(9-7-21)24-26-13-5-14-27-24;1-18-11-6-7-13(16)12(8-11)14(17)9-2-4-10(15)5-3-9;2*1-2/h4-10,13-14H,1-2,11-12,15-19H2,3H3;2-8,17-18H,16H2,1H3;2*1-2H3. The van der Waals surface area contributed by atoms with E-state index in [1.807, 2.05) is 39.8 Å². The van der Waals surface area contributed by atoms with Crippen molar-refractivity contribution >= 4 is 22.7 Å². The van der Waals surface area contributed by atoms with Crippen molar-refractivity contribution in [2.24, 2.45) is 5.41 Å². The maximum absolute atomic E-state index is 12.8. The van der Waals surface area contributed by atoms with Crippen LogP contribution in [0.25, 0.3) is 17.0 Å². The Bertz CT molecular complexity index is 1730. The van der Waals surface area contributed by atoms with Gasteiger partial charge in [-0.25, -0.2) is 14.4 Å². The van der Waals surface area contributed by atoms with Gasteiger partial charge >= 0.3 is 0 Å². The monoisotopic (exact) mass is 689 g/mol. The minimum Gasteiger partial charge on any atom is -0.398 e. The van der Waals surface area contributed by atoms with Crippen molar-refractivity contribution in [3.8, 4) is 11.4 Å². The van der Waals surface area contributed by atoms with E-state index in [1.165, 1.54) is 35.4 Å². The van der Waals surface area contributed by atoms with Crippen LogP contribution in [0.1, 0.15) is 64.2 Å². The molecule has 4 aromatic rings. The molecule has 3 heterocycles. The number of halogens is 1. The summed E-state index contributed by atoms with van der Waals surface area (Å²) in [5.74, 6) is 0.456. The van der Waals surface area contributed by atoms with E-state index in [-0.39, 0.29) is 16.9 Å². The van der Waals surface area contributed by atoms with Crippen molar-refractivity contribution in [2.45, 2.75) is 47.5 Å². The average Bonchev–Trinajstić information content (AvgIpc) is 3.57. The van der Waals surface area contributed by atoms with Crippen LogP contribution >= 0.6 is 0 Å². The molecule has 6 rings (SSSR count). The van der Waals surface area contributed by atoms with E-state index in [2.05, 4.69) is 81.6 Å². The van der Waals surface area contributed by atoms with Gasteiger partial charge in [0.05, 0.1) is 5.71 Å². The summed E-state index contributed by atoms with van der Waals surface area (Å²) in [5, 5.41) is 11.1. The highest BCUT2D eigenvalue weighted by atomic mass is 19.1. The van der Waals surface area contributed by atoms with Crippen molar-refractivity contribution in [1.29, 1.82) is 5.41 Å². The summed E-state index contributed by atoms with van der Waals surface area (Å²) in [6.45, 7) is 23.8. The molecular formula is C43H56FN7. The number of aromatic nitrogens is 2. The minimum atomic E-state index is -0.316. The van der Waals surface area contributed by atoms with Gasteiger partial charge in [-0.15, -0.1) is 6.58 Å². The molecule has 0 radical (unpaired) electrons. The van der Waals surface area contributed by atoms with E-state index in [0.717, 1.165) is 56.2 Å². The lowest BCUT2D eigenvalue weighted by atomic mass is 9.90. The number of nitrogens with zero attached hydrogens (tertiary/aromatic N) is 4. The van der Waals surface area contributed by atoms with Gasteiger partial charge in [0.25, 0.3) is 0 Å². The Kier molecular flexibility index (Phi) is 15.8. The zero-order valence-corrected chi connectivity index (χ0v) is 31.3. The van der Waals surface area contributed by atoms with Crippen molar-refractivity contribution in [3.63, 3.8) is 0 Å². The molecule has 2 aliphatic heterocycles. The van der Waals surface area contributed by atoms with Gasteiger partial charge in [0.1, 0.15) is 5.82 Å². The normalized spacial score (nSPS) is 16.5. The molecule has 1 saturated heterocycles. The highest BCUT2D eigenvalue weighted by molar-refractivity contribution is 6.14. The maximum atomic E-state index is 12.8. The number of nitrogens with one attached hydrogen (secondary N) is 2. The number of nitrogens with two attached hydrogens (primary N) is 1. The van der Waals surface area contributed by atoms with Crippen LogP contribution < -0.4 is 11.1 Å². The fourth-order valence-corrected chi connectivity index (χ4v) is 5.94. The van der Waals surface area contributed by atoms with Gasteiger partial charge in [-0.1, -0.05) is 77.6 Å². The molecule has 1 atom stereocenters. The van der Waals surface area contributed by atoms with Crippen LogP contribution in [0.5, 0.6) is 0 Å². The molecule has 1 fully saturated rings. The Labute approximate surface area is 305 Å². The zero-order valence-electron chi connectivity index (χ0n) is 31.3. The lowest BCUT2D eigenvalue weighted by Gasteiger charge is -2.32. The average molecular weight is 690 g/mol. The maximum Gasteiger partial charge on any atom is 0.159 e. The van der Waals surface area contributed by atoms with Crippen molar-refractivity contribution < 1.29 is 4.39 Å². The Hall–Kier alpha value is -5.08. The van der Waals surface area contributed by atoms with Gasteiger partial charge in [0, 0.05) is 79.4 Å². The highest BCUT2D eigenvalue weighted by Gasteiger charge is 2.31. The molecule has 0 saturated carbocycles. The number of anilines is 2. The third-order valence-corrected chi connectivity index (χ3v) is 8.96. The number of benzene rings is 3. The van der Waals surface area contributed by atoms with Crippen LogP contribution in [0.4, 0.5) is 15.8 Å². The van der Waals surface area contributed by atoms with Crippen LogP contribution in [0.3, 0.4) is 0 Å². The second kappa shape index (κ2) is 19.9. The molecule has 1 unspecified atom stereocenters. The van der Waals surface area contributed by atoms with Gasteiger partial charge in [-0.3, -0.25) is 10.3 Å². The van der Waals surface area contributed by atoms with Crippen LogP contribution in [0, 0.1) is 16.6 Å². The largest absolute Gasteiger partial charge is 0.398 e. The lowest BCUT2D eigenvalue weighted by molar-refractivity contribution is 0.281. The predicted molar refractivity (Wildman–Crippen MR) is 216 cm³/mol. The summed E-state index contributed by atoms with van der Waals surface area (Å²) in [4.78, 5) is 13.6. The van der Waals surface area contributed by atoms with Crippen molar-refractivity contribution in [1.82, 2.24) is 19.8 Å². The lowest BCUT2D eigenvalue weighted by Crippen LogP contribution is -2.34. The Morgan fingerprint density at radius 1 is 0.980 bits per heavy atom. The first-order valence-corrected chi connectivity index (χ1v) is 18.0. The summed E-state index contributed by atoms with van der Waals surface area (Å²) in [5.41, 5.74) is 14.1. The molecule has 4 N–H and O–H groups in total. The molecule has 3 aromatic carbocycles. The van der Waals surface area contributed by atoms with Gasteiger partial charge in [0.15, 0.2) is 5.82 Å². The summed E-state index contributed by atoms with van der Waals surface area (Å²) in [6.07, 6.45) is 10.3. The van der Waals surface area contributed by atoms with E-state index in [0.29, 0.717) is 16.8 Å². The van der Waals surface area contributed by atoms with Gasteiger partial charge in [-0.05, 0) is 84.5 Å². The first kappa shape index (κ1) is 40.4. The van der Waals surface area contributed by atoms with E-state index >= 15 is 0 Å². The molecule has 2 aliphatic rings. The van der Waals surface area contributed by atoms with Crippen LogP contribution in [-0.4, -0.2) is 65.3 Å². The molecule has 0 aliphatic carbocycles. The fourth-order valence-electron chi connectivity index (χ4n) is 5.94. The molecule has 0 spiro atoms. The fraction of sp³-hybridized carbons (Fsp3) is 0.326. The third-order valence-electron chi connectivity index (χ3n) is 8.96. The zero-order chi connectivity index (χ0) is 37.4. The molecule has 0 bridgehead atoms. The second-order valence-corrected chi connectivity index (χ2v) is 12.4. The Balaban J connectivity index is 0.000000274. The molecule has 0 amide bonds. The van der Waals surface area contributed by atoms with Crippen molar-refractivity contribution in [2.75, 3.05) is 50.8 Å². The Morgan fingerprint density at radius 2 is 1.63 bits per heavy atom. The summed E-state index contributed by atoms with van der Waals surface area (Å²) >= 11 is 0. The third kappa shape index (κ3) is 11.2. The smallest absolute Gasteiger partial charge is 0.159 e. The van der Waals surface area contributed by atoms with Crippen molar-refractivity contribution in [3.05, 3.63) is 139 Å². The molecule has 8 heteroatoms. The molecule has 51 heavy (non-hydrogen) atoms. The van der Waals surface area contributed by atoms with Gasteiger partial charge in [0.2, 0.25) is 0 Å².